The Balaban J connectivity index is 1.51. The van der Waals surface area contributed by atoms with Crippen LogP contribution in [0.5, 0.6) is 0 Å². The van der Waals surface area contributed by atoms with E-state index in [2.05, 4.69) is 28.4 Å². The van der Waals surface area contributed by atoms with Gasteiger partial charge in [0, 0.05) is 17.5 Å². The number of aromatic nitrogens is 3. The van der Waals surface area contributed by atoms with Gasteiger partial charge in [-0.05, 0) is 35.6 Å². The second kappa shape index (κ2) is 7.36. The molecule has 2 aromatic carbocycles. The number of ketones is 1. The minimum Gasteiger partial charge on any atom is -0.313 e. The molecule has 0 saturated heterocycles. The van der Waals surface area contributed by atoms with E-state index in [-0.39, 0.29) is 5.78 Å². The predicted octanol–water partition coefficient (Wildman–Crippen LogP) is 4.80. The summed E-state index contributed by atoms with van der Waals surface area (Å²) >= 11 is 1.48. The van der Waals surface area contributed by atoms with Crippen LogP contribution in [-0.4, -0.2) is 20.5 Å². The fourth-order valence-corrected chi connectivity index (χ4v) is 5.24. The van der Waals surface area contributed by atoms with E-state index in [1.54, 1.807) is 11.6 Å². The van der Waals surface area contributed by atoms with Gasteiger partial charge < -0.3 is 4.57 Å². The summed E-state index contributed by atoms with van der Waals surface area (Å²) in [5, 5.41) is 18.3. The number of thiophene rings is 1. The third-order valence-corrected chi connectivity index (χ3v) is 6.79. The van der Waals surface area contributed by atoms with Crippen LogP contribution in [0, 0.1) is 11.3 Å². The SMILES string of the molecule is Cn1c(-c2ccccc2)nnc1C(C#N)C(=O)c1cc2c(s1)-c1ccccc1CC2. The lowest BCUT2D eigenvalue weighted by Gasteiger charge is -2.15. The van der Waals surface area contributed by atoms with Crippen molar-refractivity contribution in [2.75, 3.05) is 0 Å². The molecule has 2 heterocycles. The summed E-state index contributed by atoms with van der Waals surface area (Å²) in [7, 11) is 1.80. The molecule has 0 bridgehead atoms. The molecule has 1 aliphatic rings. The normalized spacial score (nSPS) is 13.2. The van der Waals surface area contributed by atoms with Crippen molar-refractivity contribution in [2.45, 2.75) is 18.8 Å². The highest BCUT2D eigenvalue weighted by Crippen LogP contribution is 2.40. The van der Waals surface area contributed by atoms with E-state index in [1.807, 2.05) is 48.5 Å². The third-order valence-electron chi connectivity index (χ3n) is 5.57. The molecular formula is C24H18N4OS. The van der Waals surface area contributed by atoms with E-state index in [0.717, 1.165) is 23.3 Å². The lowest BCUT2D eigenvalue weighted by atomic mass is 9.91. The van der Waals surface area contributed by atoms with Crippen molar-refractivity contribution in [1.82, 2.24) is 14.8 Å². The number of aryl methyl sites for hydroxylation is 2. The summed E-state index contributed by atoms with van der Waals surface area (Å²) < 4.78 is 1.74. The number of carbonyl (C=O) groups is 1. The Labute approximate surface area is 178 Å². The molecule has 0 fully saturated rings. The zero-order chi connectivity index (χ0) is 20.7. The average molecular weight is 411 g/mol. The fraction of sp³-hybridized carbons (Fsp3) is 0.167. The Morgan fingerprint density at radius 1 is 1.07 bits per heavy atom. The lowest BCUT2D eigenvalue weighted by Crippen LogP contribution is -2.15. The van der Waals surface area contributed by atoms with Crippen molar-refractivity contribution in [3.05, 3.63) is 82.5 Å². The van der Waals surface area contributed by atoms with Gasteiger partial charge >= 0.3 is 0 Å². The Bertz CT molecular complexity index is 1300. The van der Waals surface area contributed by atoms with Gasteiger partial charge in [-0.3, -0.25) is 4.79 Å². The first-order valence-electron chi connectivity index (χ1n) is 9.77. The average Bonchev–Trinajstić information content (AvgIpc) is 3.39. The van der Waals surface area contributed by atoms with Gasteiger partial charge in [-0.2, -0.15) is 5.26 Å². The number of fused-ring (bicyclic) bond motifs is 3. The van der Waals surface area contributed by atoms with Crippen molar-refractivity contribution >= 4 is 17.1 Å². The molecule has 4 aromatic rings. The monoisotopic (exact) mass is 410 g/mol. The zero-order valence-electron chi connectivity index (χ0n) is 16.4. The molecule has 1 atom stereocenters. The first-order chi connectivity index (χ1) is 14.7. The number of hydrogen-bond donors (Lipinski definition) is 0. The van der Waals surface area contributed by atoms with Gasteiger partial charge in [-0.1, -0.05) is 54.6 Å². The summed E-state index contributed by atoms with van der Waals surface area (Å²) in [6.07, 6.45) is 1.88. The van der Waals surface area contributed by atoms with E-state index < -0.39 is 5.92 Å². The Kier molecular flexibility index (Phi) is 4.53. The number of benzene rings is 2. The molecule has 2 aromatic heterocycles. The summed E-state index contributed by atoms with van der Waals surface area (Å²) in [5.41, 5.74) is 4.58. The first kappa shape index (κ1) is 18.5. The number of carbonyl (C=O) groups excluding carboxylic acids is 1. The molecule has 0 amide bonds. The highest BCUT2D eigenvalue weighted by Gasteiger charge is 2.30. The number of hydrogen-bond acceptors (Lipinski definition) is 5. The van der Waals surface area contributed by atoms with E-state index in [0.29, 0.717) is 16.5 Å². The molecule has 6 heteroatoms. The van der Waals surface area contributed by atoms with E-state index in [9.17, 15) is 10.1 Å². The number of nitriles is 1. The smallest absolute Gasteiger partial charge is 0.197 e. The Hall–Kier alpha value is -3.56. The molecule has 0 radical (unpaired) electrons. The first-order valence-corrected chi connectivity index (χ1v) is 10.6. The molecule has 1 unspecified atom stereocenters. The molecule has 30 heavy (non-hydrogen) atoms. The van der Waals surface area contributed by atoms with Gasteiger partial charge in [0.05, 0.1) is 10.9 Å². The second-order valence-corrected chi connectivity index (χ2v) is 8.41. The van der Waals surface area contributed by atoms with Crippen molar-refractivity contribution in [3.63, 3.8) is 0 Å². The molecule has 146 valence electrons. The maximum Gasteiger partial charge on any atom is 0.197 e. The van der Waals surface area contributed by atoms with Gasteiger partial charge in [0.2, 0.25) is 0 Å². The summed E-state index contributed by atoms with van der Waals surface area (Å²) in [6, 6.07) is 22.1. The van der Waals surface area contributed by atoms with E-state index in [4.69, 9.17) is 0 Å². The van der Waals surface area contributed by atoms with Crippen LogP contribution in [0.1, 0.15) is 32.5 Å². The quantitative estimate of drug-likeness (QED) is 0.453. The van der Waals surface area contributed by atoms with Crippen LogP contribution < -0.4 is 0 Å². The minimum atomic E-state index is -0.990. The highest BCUT2D eigenvalue weighted by molar-refractivity contribution is 7.17. The number of Topliss-reactive ketones (excluding diaryl/α,β-unsaturated/α-hetero) is 1. The van der Waals surface area contributed by atoms with Crippen LogP contribution in [-0.2, 0) is 19.9 Å². The van der Waals surface area contributed by atoms with Crippen LogP contribution >= 0.6 is 11.3 Å². The Morgan fingerprint density at radius 2 is 1.80 bits per heavy atom. The standard InChI is InChI=1S/C24H18N4OS/c1-28-23(16-8-3-2-4-9-16)26-27-24(28)19(14-25)21(29)20-13-17-12-11-15-7-5-6-10-18(15)22(17)30-20/h2-10,13,19H,11-12H2,1H3. The zero-order valence-corrected chi connectivity index (χ0v) is 17.2. The van der Waals surface area contributed by atoms with Crippen LogP contribution in [0.4, 0.5) is 0 Å². The maximum atomic E-state index is 13.3. The van der Waals surface area contributed by atoms with E-state index in [1.165, 1.54) is 28.0 Å². The van der Waals surface area contributed by atoms with Gasteiger partial charge in [0.15, 0.2) is 23.3 Å². The number of nitrogens with zero attached hydrogens (tertiary/aromatic N) is 4. The molecule has 0 spiro atoms. The molecule has 0 N–H and O–H groups in total. The summed E-state index contributed by atoms with van der Waals surface area (Å²) in [4.78, 5) is 15.1. The second-order valence-electron chi connectivity index (χ2n) is 7.36. The van der Waals surface area contributed by atoms with Crippen LogP contribution in [0.3, 0.4) is 0 Å². The molecular weight excluding hydrogens is 392 g/mol. The van der Waals surface area contributed by atoms with Crippen molar-refractivity contribution < 1.29 is 4.79 Å². The highest BCUT2D eigenvalue weighted by atomic mass is 32.1. The maximum absolute atomic E-state index is 13.3. The molecule has 0 saturated carbocycles. The predicted molar refractivity (Wildman–Crippen MR) is 116 cm³/mol. The fourth-order valence-electron chi connectivity index (χ4n) is 4.00. The van der Waals surface area contributed by atoms with E-state index >= 15 is 0 Å². The molecule has 5 rings (SSSR count). The van der Waals surface area contributed by atoms with Crippen LogP contribution in [0.15, 0.2) is 60.7 Å². The summed E-state index contributed by atoms with van der Waals surface area (Å²) in [5.74, 6) is -0.203. The lowest BCUT2D eigenvalue weighted by molar-refractivity contribution is 0.0979. The molecule has 0 aliphatic heterocycles. The van der Waals surface area contributed by atoms with Gasteiger partial charge in [0.1, 0.15) is 0 Å². The molecule has 1 aliphatic carbocycles. The Morgan fingerprint density at radius 3 is 2.60 bits per heavy atom. The van der Waals surface area contributed by atoms with Crippen molar-refractivity contribution in [2.24, 2.45) is 7.05 Å². The van der Waals surface area contributed by atoms with Crippen LogP contribution in [0.25, 0.3) is 21.8 Å². The number of rotatable bonds is 4. The van der Waals surface area contributed by atoms with Crippen LogP contribution in [0.2, 0.25) is 0 Å². The minimum absolute atomic E-state index is 0.218. The van der Waals surface area contributed by atoms with Crippen molar-refractivity contribution in [1.29, 1.82) is 5.26 Å². The van der Waals surface area contributed by atoms with Gasteiger partial charge in [-0.15, -0.1) is 21.5 Å². The van der Waals surface area contributed by atoms with Gasteiger partial charge in [0.25, 0.3) is 0 Å². The molecule has 5 nitrogen and oxygen atoms in total. The third kappa shape index (κ3) is 2.95. The largest absolute Gasteiger partial charge is 0.313 e. The van der Waals surface area contributed by atoms with Gasteiger partial charge in [-0.25, -0.2) is 0 Å². The topological polar surface area (TPSA) is 71.6 Å². The summed E-state index contributed by atoms with van der Waals surface area (Å²) in [6.45, 7) is 0. The van der Waals surface area contributed by atoms with Crippen molar-refractivity contribution in [3.8, 4) is 27.9 Å².